The molecule has 1 heterocycles. The monoisotopic (exact) mass is 263 g/mol. The van der Waals surface area contributed by atoms with Crippen molar-refractivity contribution in [2.75, 3.05) is 13.1 Å². The van der Waals surface area contributed by atoms with Gasteiger partial charge in [0, 0.05) is 13.1 Å². The van der Waals surface area contributed by atoms with Crippen LogP contribution in [0.25, 0.3) is 0 Å². The highest BCUT2D eigenvalue weighted by atomic mass is 16.5. The highest BCUT2D eigenvalue weighted by Gasteiger charge is 2.26. The minimum Gasteiger partial charge on any atom is -0.481 e. The van der Waals surface area contributed by atoms with Crippen molar-refractivity contribution in [1.29, 1.82) is 0 Å². The lowest BCUT2D eigenvalue weighted by molar-refractivity contribution is -0.141. The van der Waals surface area contributed by atoms with E-state index < -0.39 is 12.2 Å². The van der Waals surface area contributed by atoms with Gasteiger partial charge in [-0.05, 0) is 38.8 Å². The second-order valence-corrected chi connectivity index (χ2v) is 5.15. The number of aryl methyl sites for hydroxylation is 1. The van der Waals surface area contributed by atoms with Crippen LogP contribution in [0.15, 0.2) is 24.3 Å². The number of ether oxygens (including phenoxy) is 1. The molecule has 1 aliphatic heterocycles. The molecule has 1 aromatic rings. The van der Waals surface area contributed by atoms with Crippen LogP contribution in [0.2, 0.25) is 0 Å². The standard InChI is InChI=1S/C15H21NO3/c1-11-5-7-14(8-6-11)19-12(2)15(18)16-9-3-4-13(17)10-16/h5-8,12-13,17H,3-4,9-10H2,1-2H3. The Hall–Kier alpha value is -1.55. The third kappa shape index (κ3) is 3.70. The number of nitrogens with zero attached hydrogens (tertiary/aromatic N) is 1. The predicted octanol–water partition coefficient (Wildman–Crippen LogP) is 1.75. The van der Waals surface area contributed by atoms with Crippen molar-refractivity contribution in [3.63, 3.8) is 0 Å². The van der Waals surface area contributed by atoms with E-state index in [0.717, 1.165) is 18.4 Å². The van der Waals surface area contributed by atoms with Crippen molar-refractivity contribution in [1.82, 2.24) is 4.90 Å². The van der Waals surface area contributed by atoms with Gasteiger partial charge < -0.3 is 14.7 Å². The van der Waals surface area contributed by atoms with Crippen LogP contribution < -0.4 is 4.74 Å². The second-order valence-electron chi connectivity index (χ2n) is 5.15. The molecule has 1 saturated heterocycles. The highest BCUT2D eigenvalue weighted by molar-refractivity contribution is 5.81. The van der Waals surface area contributed by atoms with E-state index in [1.165, 1.54) is 0 Å². The molecule has 1 N–H and O–H groups in total. The Balaban J connectivity index is 1.93. The van der Waals surface area contributed by atoms with Crippen LogP contribution in [0.3, 0.4) is 0 Å². The van der Waals surface area contributed by atoms with Gasteiger partial charge >= 0.3 is 0 Å². The van der Waals surface area contributed by atoms with Crippen LogP contribution in [0.5, 0.6) is 5.75 Å². The second kappa shape index (κ2) is 6.06. The van der Waals surface area contributed by atoms with Crippen molar-refractivity contribution in [3.8, 4) is 5.75 Å². The number of piperidine rings is 1. The summed E-state index contributed by atoms with van der Waals surface area (Å²) in [5.41, 5.74) is 1.16. The maximum atomic E-state index is 12.2. The summed E-state index contributed by atoms with van der Waals surface area (Å²) < 4.78 is 5.65. The fraction of sp³-hybridized carbons (Fsp3) is 0.533. The average Bonchev–Trinajstić information content (AvgIpc) is 2.40. The van der Waals surface area contributed by atoms with E-state index in [2.05, 4.69) is 0 Å². The number of aliphatic hydroxyl groups is 1. The lowest BCUT2D eigenvalue weighted by atomic mass is 10.1. The molecule has 0 radical (unpaired) electrons. The van der Waals surface area contributed by atoms with Crippen LogP contribution >= 0.6 is 0 Å². The number of rotatable bonds is 3. The van der Waals surface area contributed by atoms with Crippen LogP contribution in [0, 0.1) is 6.92 Å². The van der Waals surface area contributed by atoms with Crippen LogP contribution in [0.1, 0.15) is 25.3 Å². The van der Waals surface area contributed by atoms with Gasteiger partial charge in [0.25, 0.3) is 5.91 Å². The van der Waals surface area contributed by atoms with E-state index in [1.54, 1.807) is 11.8 Å². The molecule has 1 amide bonds. The molecule has 1 aliphatic rings. The van der Waals surface area contributed by atoms with Crippen molar-refractivity contribution >= 4 is 5.91 Å². The van der Waals surface area contributed by atoms with E-state index >= 15 is 0 Å². The number of benzene rings is 1. The van der Waals surface area contributed by atoms with Gasteiger partial charge in [0.2, 0.25) is 0 Å². The Morgan fingerprint density at radius 3 is 2.74 bits per heavy atom. The number of hydrogen-bond donors (Lipinski definition) is 1. The molecular weight excluding hydrogens is 242 g/mol. The third-order valence-electron chi connectivity index (χ3n) is 3.39. The summed E-state index contributed by atoms with van der Waals surface area (Å²) in [5, 5.41) is 9.60. The molecule has 19 heavy (non-hydrogen) atoms. The zero-order chi connectivity index (χ0) is 13.8. The molecular formula is C15H21NO3. The predicted molar refractivity (Wildman–Crippen MR) is 73.1 cm³/mol. The number of β-amino-alcohol motifs (C(OH)–C–C–N with tert-alkyl or cyclic N) is 1. The highest BCUT2D eigenvalue weighted by Crippen LogP contribution is 2.16. The summed E-state index contributed by atoms with van der Waals surface area (Å²) in [4.78, 5) is 13.9. The van der Waals surface area contributed by atoms with E-state index in [0.29, 0.717) is 18.8 Å². The molecule has 0 saturated carbocycles. The molecule has 1 aromatic carbocycles. The van der Waals surface area contributed by atoms with Gasteiger partial charge in [-0.25, -0.2) is 0 Å². The summed E-state index contributed by atoms with van der Waals surface area (Å²) in [6.45, 7) is 4.88. The number of carbonyl (C=O) groups excluding carboxylic acids is 1. The normalized spacial score (nSPS) is 21.0. The van der Waals surface area contributed by atoms with Gasteiger partial charge in [0.1, 0.15) is 5.75 Å². The number of carbonyl (C=O) groups is 1. The first kappa shape index (κ1) is 13.9. The molecule has 104 valence electrons. The van der Waals surface area contributed by atoms with E-state index in [1.807, 2.05) is 31.2 Å². The minimum atomic E-state index is -0.520. The Bertz CT molecular complexity index is 430. The maximum Gasteiger partial charge on any atom is 0.263 e. The molecule has 4 heteroatoms. The quantitative estimate of drug-likeness (QED) is 0.903. The molecule has 2 atom stereocenters. The first-order valence-corrected chi connectivity index (χ1v) is 6.76. The molecule has 0 aliphatic carbocycles. The van der Waals surface area contributed by atoms with Gasteiger partial charge in [0.15, 0.2) is 6.10 Å². The molecule has 0 spiro atoms. The third-order valence-corrected chi connectivity index (χ3v) is 3.39. The molecule has 0 aromatic heterocycles. The Labute approximate surface area is 114 Å². The average molecular weight is 263 g/mol. The lowest BCUT2D eigenvalue weighted by Gasteiger charge is -2.32. The minimum absolute atomic E-state index is 0.0562. The smallest absolute Gasteiger partial charge is 0.263 e. The van der Waals surface area contributed by atoms with Gasteiger partial charge in [-0.15, -0.1) is 0 Å². The van der Waals surface area contributed by atoms with Gasteiger partial charge in [-0.1, -0.05) is 17.7 Å². The Morgan fingerprint density at radius 2 is 2.11 bits per heavy atom. The first-order valence-electron chi connectivity index (χ1n) is 6.76. The Morgan fingerprint density at radius 1 is 1.42 bits per heavy atom. The largest absolute Gasteiger partial charge is 0.481 e. The molecule has 4 nitrogen and oxygen atoms in total. The molecule has 1 fully saturated rings. The summed E-state index contributed by atoms with van der Waals surface area (Å²) in [6.07, 6.45) is 0.707. The van der Waals surface area contributed by atoms with Crippen LogP contribution in [-0.4, -0.2) is 41.2 Å². The van der Waals surface area contributed by atoms with E-state index in [9.17, 15) is 9.90 Å². The first-order chi connectivity index (χ1) is 9.06. The van der Waals surface area contributed by atoms with Gasteiger partial charge in [-0.3, -0.25) is 4.79 Å². The summed E-state index contributed by atoms with van der Waals surface area (Å²) in [7, 11) is 0. The number of amides is 1. The zero-order valence-electron chi connectivity index (χ0n) is 11.5. The topological polar surface area (TPSA) is 49.8 Å². The van der Waals surface area contributed by atoms with Crippen molar-refractivity contribution in [2.45, 2.75) is 38.9 Å². The Kier molecular flexibility index (Phi) is 4.43. The lowest BCUT2D eigenvalue weighted by Crippen LogP contribution is -2.47. The van der Waals surface area contributed by atoms with E-state index in [4.69, 9.17) is 4.74 Å². The van der Waals surface area contributed by atoms with Crippen LogP contribution in [-0.2, 0) is 4.79 Å². The van der Waals surface area contributed by atoms with Crippen molar-refractivity contribution < 1.29 is 14.6 Å². The summed E-state index contributed by atoms with van der Waals surface area (Å²) in [6, 6.07) is 7.64. The number of hydrogen-bond acceptors (Lipinski definition) is 3. The number of aliphatic hydroxyl groups excluding tert-OH is 1. The SMILES string of the molecule is Cc1ccc(OC(C)C(=O)N2CCCC(O)C2)cc1. The van der Waals surface area contributed by atoms with Crippen LogP contribution in [0.4, 0.5) is 0 Å². The number of likely N-dealkylation sites (tertiary alicyclic amines) is 1. The van der Waals surface area contributed by atoms with Gasteiger partial charge in [-0.2, -0.15) is 0 Å². The van der Waals surface area contributed by atoms with Gasteiger partial charge in [0.05, 0.1) is 6.10 Å². The fourth-order valence-corrected chi connectivity index (χ4v) is 2.28. The molecule has 0 bridgehead atoms. The van der Waals surface area contributed by atoms with Crippen molar-refractivity contribution in [3.05, 3.63) is 29.8 Å². The molecule has 2 rings (SSSR count). The molecule has 2 unspecified atom stereocenters. The summed E-state index contributed by atoms with van der Waals surface area (Å²) in [5.74, 6) is 0.642. The van der Waals surface area contributed by atoms with Crippen molar-refractivity contribution in [2.24, 2.45) is 0 Å². The van der Waals surface area contributed by atoms with E-state index in [-0.39, 0.29) is 5.91 Å². The maximum absolute atomic E-state index is 12.2. The zero-order valence-corrected chi connectivity index (χ0v) is 11.5. The summed E-state index contributed by atoms with van der Waals surface area (Å²) >= 11 is 0. The fourth-order valence-electron chi connectivity index (χ4n) is 2.28.